The maximum absolute atomic E-state index is 4.90. The molecule has 0 aliphatic rings. The molecule has 96 valence electrons. The minimum atomic E-state index is 0.149. The number of rotatable bonds is 4. The molecule has 2 heteroatoms. The fourth-order valence-electron chi connectivity index (χ4n) is 2.08. The minimum Gasteiger partial charge on any atom is -0.292 e. The zero-order valence-electron chi connectivity index (χ0n) is 12.6. The lowest BCUT2D eigenvalue weighted by molar-refractivity contribution is 0.179. The van der Waals surface area contributed by atoms with Crippen LogP contribution in [0.4, 0.5) is 0 Å². The van der Waals surface area contributed by atoms with Crippen LogP contribution in [0.25, 0.3) is 0 Å². The van der Waals surface area contributed by atoms with Crippen molar-refractivity contribution in [1.82, 2.24) is 5.01 Å². The Morgan fingerprint density at radius 1 is 0.875 bits per heavy atom. The Morgan fingerprint density at radius 2 is 1.25 bits per heavy atom. The normalized spacial score (nSPS) is 14.1. The monoisotopic (exact) mass is 226 g/mol. The first-order valence-electron chi connectivity index (χ1n) is 6.44. The molecule has 0 bridgehead atoms. The standard InChI is InChI=1S/C14H30N2/c1-10(2)13(14(7,8)9)15-16(11(3)4)12(5)6/h10-12H,1-9H3/b15-13+. The molecule has 0 heterocycles. The average Bonchev–Trinajstić information content (AvgIpc) is 1.99. The van der Waals surface area contributed by atoms with Crippen molar-refractivity contribution < 1.29 is 0 Å². The van der Waals surface area contributed by atoms with E-state index in [1.165, 1.54) is 5.71 Å². The Kier molecular flexibility index (Phi) is 5.51. The van der Waals surface area contributed by atoms with Crippen LogP contribution in [0.1, 0.15) is 62.3 Å². The fraction of sp³-hybridized carbons (Fsp3) is 0.929. The van der Waals surface area contributed by atoms with Crippen LogP contribution in [0.2, 0.25) is 0 Å². The van der Waals surface area contributed by atoms with Crippen LogP contribution in [-0.4, -0.2) is 22.8 Å². The van der Waals surface area contributed by atoms with Gasteiger partial charge in [-0.2, -0.15) is 5.10 Å². The van der Waals surface area contributed by atoms with E-state index in [9.17, 15) is 0 Å². The van der Waals surface area contributed by atoms with Gasteiger partial charge in [0.05, 0.1) is 0 Å². The summed E-state index contributed by atoms with van der Waals surface area (Å²) >= 11 is 0. The van der Waals surface area contributed by atoms with Crippen molar-refractivity contribution in [2.75, 3.05) is 0 Å². The van der Waals surface area contributed by atoms with Crippen LogP contribution in [0.5, 0.6) is 0 Å². The molecular formula is C14H30N2. The first-order valence-corrected chi connectivity index (χ1v) is 6.44. The number of hydrazone groups is 1. The highest BCUT2D eigenvalue weighted by Crippen LogP contribution is 2.23. The molecule has 0 fully saturated rings. The summed E-state index contributed by atoms with van der Waals surface area (Å²) in [7, 11) is 0. The number of hydrogen-bond acceptors (Lipinski definition) is 2. The highest BCUT2D eigenvalue weighted by Gasteiger charge is 2.24. The van der Waals surface area contributed by atoms with E-state index >= 15 is 0 Å². The second kappa shape index (κ2) is 5.70. The Labute approximate surface area is 102 Å². The van der Waals surface area contributed by atoms with Gasteiger partial charge in [-0.3, -0.25) is 5.01 Å². The van der Waals surface area contributed by atoms with Crippen LogP contribution in [0, 0.1) is 11.3 Å². The smallest absolute Gasteiger partial charge is 0.0459 e. The summed E-state index contributed by atoms with van der Waals surface area (Å²) in [5.74, 6) is 0.500. The van der Waals surface area contributed by atoms with Gasteiger partial charge in [0.1, 0.15) is 0 Å². The molecule has 0 aromatic rings. The predicted octanol–water partition coefficient (Wildman–Crippen LogP) is 4.16. The van der Waals surface area contributed by atoms with Gasteiger partial charge in [-0.25, -0.2) is 0 Å². The van der Waals surface area contributed by atoms with E-state index in [0.29, 0.717) is 18.0 Å². The lowest BCUT2D eigenvalue weighted by atomic mass is 9.84. The molecule has 2 nitrogen and oxygen atoms in total. The summed E-state index contributed by atoms with van der Waals surface area (Å²) in [5.41, 5.74) is 1.44. The zero-order valence-corrected chi connectivity index (χ0v) is 12.6. The molecule has 0 amide bonds. The second-order valence-electron chi connectivity index (χ2n) is 6.46. The maximum Gasteiger partial charge on any atom is 0.0459 e. The van der Waals surface area contributed by atoms with Gasteiger partial charge in [0, 0.05) is 23.2 Å². The molecule has 0 N–H and O–H groups in total. The summed E-state index contributed by atoms with van der Waals surface area (Å²) in [6.07, 6.45) is 0. The van der Waals surface area contributed by atoms with Crippen molar-refractivity contribution in [3.05, 3.63) is 0 Å². The van der Waals surface area contributed by atoms with Gasteiger partial charge >= 0.3 is 0 Å². The van der Waals surface area contributed by atoms with Gasteiger partial charge in [-0.15, -0.1) is 0 Å². The third-order valence-corrected chi connectivity index (χ3v) is 2.60. The third kappa shape index (κ3) is 4.54. The highest BCUT2D eigenvalue weighted by molar-refractivity contribution is 5.90. The molecular weight excluding hydrogens is 196 g/mol. The van der Waals surface area contributed by atoms with Crippen LogP contribution in [0.3, 0.4) is 0 Å². The molecule has 16 heavy (non-hydrogen) atoms. The van der Waals surface area contributed by atoms with Crippen molar-refractivity contribution in [2.45, 2.75) is 74.4 Å². The molecule has 0 aromatic carbocycles. The van der Waals surface area contributed by atoms with E-state index in [4.69, 9.17) is 5.10 Å². The molecule has 0 unspecified atom stereocenters. The van der Waals surface area contributed by atoms with Gasteiger partial charge in [0.2, 0.25) is 0 Å². The van der Waals surface area contributed by atoms with Crippen LogP contribution in [-0.2, 0) is 0 Å². The van der Waals surface area contributed by atoms with Crippen molar-refractivity contribution in [1.29, 1.82) is 0 Å². The van der Waals surface area contributed by atoms with Gasteiger partial charge < -0.3 is 0 Å². The van der Waals surface area contributed by atoms with E-state index in [2.05, 4.69) is 67.3 Å². The van der Waals surface area contributed by atoms with E-state index in [1.807, 2.05) is 0 Å². The van der Waals surface area contributed by atoms with E-state index < -0.39 is 0 Å². The van der Waals surface area contributed by atoms with Crippen LogP contribution in [0.15, 0.2) is 5.10 Å². The summed E-state index contributed by atoms with van der Waals surface area (Å²) < 4.78 is 0. The summed E-state index contributed by atoms with van der Waals surface area (Å²) in [5, 5.41) is 7.10. The first kappa shape index (κ1) is 15.5. The molecule has 0 aliphatic heterocycles. The van der Waals surface area contributed by atoms with Crippen molar-refractivity contribution in [3.63, 3.8) is 0 Å². The predicted molar refractivity (Wildman–Crippen MR) is 73.8 cm³/mol. The Morgan fingerprint density at radius 3 is 1.44 bits per heavy atom. The van der Waals surface area contributed by atoms with E-state index in [1.54, 1.807) is 0 Å². The van der Waals surface area contributed by atoms with Crippen LogP contribution < -0.4 is 0 Å². The zero-order chi connectivity index (χ0) is 13.1. The van der Waals surface area contributed by atoms with Crippen molar-refractivity contribution >= 4 is 5.71 Å². The molecule has 0 spiro atoms. The van der Waals surface area contributed by atoms with Gasteiger partial charge in [0.15, 0.2) is 0 Å². The fourth-order valence-corrected chi connectivity index (χ4v) is 2.08. The molecule has 0 atom stereocenters. The number of nitrogens with zero attached hydrogens (tertiary/aromatic N) is 2. The summed E-state index contributed by atoms with van der Waals surface area (Å²) in [6.45, 7) is 20.0. The summed E-state index contributed by atoms with van der Waals surface area (Å²) in [6, 6.07) is 0.909. The molecule has 0 aromatic heterocycles. The SMILES string of the molecule is CC(C)/C(=N\N(C(C)C)C(C)C)C(C)(C)C. The molecule has 0 saturated heterocycles. The van der Waals surface area contributed by atoms with E-state index in [-0.39, 0.29) is 5.41 Å². The Balaban J connectivity index is 5.18. The number of hydrogen-bond donors (Lipinski definition) is 0. The summed E-state index contributed by atoms with van der Waals surface area (Å²) in [4.78, 5) is 0. The lowest BCUT2D eigenvalue weighted by Crippen LogP contribution is -2.37. The topological polar surface area (TPSA) is 15.6 Å². The van der Waals surface area contributed by atoms with Crippen molar-refractivity contribution in [2.24, 2.45) is 16.4 Å². The third-order valence-electron chi connectivity index (χ3n) is 2.60. The van der Waals surface area contributed by atoms with Crippen LogP contribution >= 0.6 is 0 Å². The average molecular weight is 226 g/mol. The highest BCUT2D eigenvalue weighted by atomic mass is 15.5. The largest absolute Gasteiger partial charge is 0.292 e. The van der Waals surface area contributed by atoms with Crippen molar-refractivity contribution in [3.8, 4) is 0 Å². The molecule has 0 radical (unpaired) electrons. The molecule has 0 aliphatic carbocycles. The molecule has 0 rings (SSSR count). The minimum absolute atomic E-state index is 0.149. The van der Waals surface area contributed by atoms with E-state index in [0.717, 1.165) is 0 Å². The quantitative estimate of drug-likeness (QED) is 0.519. The second-order valence-corrected chi connectivity index (χ2v) is 6.46. The van der Waals surface area contributed by atoms with Gasteiger partial charge in [0.25, 0.3) is 0 Å². The Hall–Kier alpha value is -0.530. The Bertz CT molecular complexity index is 224. The van der Waals surface area contributed by atoms with Gasteiger partial charge in [-0.05, 0) is 33.6 Å². The first-order chi connectivity index (χ1) is 7.07. The lowest BCUT2D eigenvalue weighted by Gasteiger charge is -2.33. The van der Waals surface area contributed by atoms with Gasteiger partial charge in [-0.1, -0.05) is 34.6 Å². The molecule has 0 saturated carbocycles. The maximum atomic E-state index is 4.90.